The number of nitro groups is 1. The van der Waals surface area contributed by atoms with Crippen molar-refractivity contribution in [2.75, 3.05) is 18.9 Å². The Morgan fingerprint density at radius 3 is 2.67 bits per heavy atom. The third kappa shape index (κ3) is 4.32. The van der Waals surface area contributed by atoms with E-state index in [9.17, 15) is 19.7 Å². The van der Waals surface area contributed by atoms with Crippen LogP contribution in [0.25, 0.3) is 0 Å². The summed E-state index contributed by atoms with van der Waals surface area (Å²) < 4.78 is 0. The summed E-state index contributed by atoms with van der Waals surface area (Å²) >= 11 is 5.84. The molecular formula is C12H14ClN3O5. The van der Waals surface area contributed by atoms with Crippen molar-refractivity contribution in [1.29, 1.82) is 0 Å². The topological polar surface area (TPSA) is 113 Å². The minimum atomic E-state index is -1.02. The molecule has 1 unspecified atom stereocenters. The smallest absolute Gasteiger partial charge is 0.321 e. The molecule has 0 aliphatic carbocycles. The first-order valence-corrected chi connectivity index (χ1v) is 6.29. The van der Waals surface area contributed by atoms with Gasteiger partial charge in [0.2, 0.25) is 0 Å². The van der Waals surface area contributed by atoms with E-state index in [1.54, 1.807) is 0 Å². The molecule has 0 radical (unpaired) electrons. The van der Waals surface area contributed by atoms with Crippen LogP contribution in [0.5, 0.6) is 0 Å². The molecule has 0 spiro atoms. The maximum absolute atomic E-state index is 11.9. The highest BCUT2D eigenvalue weighted by molar-refractivity contribution is 6.35. The summed E-state index contributed by atoms with van der Waals surface area (Å²) in [5.74, 6) is -1.76. The first-order chi connectivity index (χ1) is 9.73. The van der Waals surface area contributed by atoms with E-state index in [1.165, 1.54) is 32.2 Å². The number of urea groups is 1. The standard InChI is InChI=1S/C12H14ClN3O5/c1-7(11(17)18)6-15(2)12(19)14-8-4-3-5-9(10(8)13)16(20)21/h3-5,7H,6H2,1-2H3,(H,14,19)(H,17,18). The number of carbonyl (C=O) groups excluding carboxylic acids is 1. The fourth-order valence-electron chi connectivity index (χ4n) is 1.54. The molecule has 114 valence electrons. The SMILES string of the molecule is CC(CN(C)C(=O)Nc1cccc([N+](=O)[O-])c1Cl)C(=O)O. The van der Waals surface area contributed by atoms with Crippen LogP contribution < -0.4 is 5.32 Å². The van der Waals surface area contributed by atoms with Crippen molar-refractivity contribution in [2.45, 2.75) is 6.92 Å². The van der Waals surface area contributed by atoms with Gasteiger partial charge < -0.3 is 15.3 Å². The second-order valence-electron chi connectivity index (χ2n) is 4.45. The van der Waals surface area contributed by atoms with Gasteiger partial charge in [-0.2, -0.15) is 0 Å². The molecule has 21 heavy (non-hydrogen) atoms. The van der Waals surface area contributed by atoms with Crippen molar-refractivity contribution < 1.29 is 19.6 Å². The third-order valence-corrected chi connectivity index (χ3v) is 3.13. The largest absolute Gasteiger partial charge is 0.481 e. The lowest BCUT2D eigenvalue weighted by atomic mass is 10.2. The number of hydrogen-bond donors (Lipinski definition) is 2. The summed E-state index contributed by atoms with van der Waals surface area (Å²) in [6, 6.07) is 3.42. The van der Waals surface area contributed by atoms with Gasteiger partial charge >= 0.3 is 12.0 Å². The van der Waals surface area contributed by atoms with Gasteiger partial charge in [-0.1, -0.05) is 24.6 Å². The second kappa shape index (κ2) is 6.89. The molecule has 2 amide bonds. The molecule has 2 N–H and O–H groups in total. The van der Waals surface area contributed by atoms with Crippen molar-refractivity contribution in [3.05, 3.63) is 33.3 Å². The van der Waals surface area contributed by atoms with E-state index in [0.29, 0.717) is 0 Å². The first-order valence-electron chi connectivity index (χ1n) is 5.91. The zero-order valence-electron chi connectivity index (χ0n) is 11.4. The predicted molar refractivity (Wildman–Crippen MR) is 76.6 cm³/mol. The molecule has 0 aliphatic heterocycles. The summed E-state index contributed by atoms with van der Waals surface area (Å²) in [7, 11) is 1.42. The van der Waals surface area contributed by atoms with Gasteiger partial charge in [0.1, 0.15) is 5.02 Å². The Labute approximate surface area is 125 Å². The number of halogens is 1. The minimum absolute atomic E-state index is 0.00624. The zero-order chi connectivity index (χ0) is 16.2. The van der Waals surface area contributed by atoms with Crippen molar-refractivity contribution in [3.63, 3.8) is 0 Å². The van der Waals surface area contributed by atoms with Crippen LogP contribution in [0.3, 0.4) is 0 Å². The molecule has 8 nitrogen and oxygen atoms in total. The Kier molecular flexibility index (Phi) is 5.48. The van der Waals surface area contributed by atoms with Crippen LogP contribution in [0.1, 0.15) is 6.92 Å². The van der Waals surface area contributed by atoms with Gasteiger partial charge in [-0.15, -0.1) is 0 Å². The number of nitro benzene ring substituents is 1. The number of nitrogens with one attached hydrogen (secondary N) is 1. The maximum atomic E-state index is 11.9. The summed E-state index contributed by atoms with van der Waals surface area (Å²) in [5, 5.41) is 21.8. The predicted octanol–water partition coefficient (Wildman–Crippen LogP) is 2.43. The molecular weight excluding hydrogens is 302 g/mol. The van der Waals surface area contributed by atoms with Gasteiger partial charge in [-0.25, -0.2) is 4.79 Å². The molecule has 1 aromatic rings. The van der Waals surface area contributed by atoms with Crippen LogP contribution in [-0.2, 0) is 4.79 Å². The molecule has 0 aromatic heterocycles. The van der Waals surface area contributed by atoms with E-state index in [1.807, 2.05) is 0 Å². The van der Waals surface area contributed by atoms with E-state index in [-0.39, 0.29) is 22.9 Å². The number of aliphatic carboxylic acids is 1. The van der Waals surface area contributed by atoms with Crippen LogP contribution in [0.2, 0.25) is 5.02 Å². The lowest BCUT2D eigenvalue weighted by Crippen LogP contribution is -2.36. The fourth-order valence-corrected chi connectivity index (χ4v) is 1.78. The Morgan fingerprint density at radius 2 is 2.14 bits per heavy atom. The normalized spacial score (nSPS) is 11.6. The number of carbonyl (C=O) groups is 2. The molecule has 1 aromatic carbocycles. The van der Waals surface area contributed by atoms with Crippen LogP contribution in [0, 0.1) is 16.0 Å². The van der Waals surface area contributed by atoms with Crippen molar-refractivity contribution >= 4 is 35.0 Å². The number of benzene rings is 1. The fraction of sp³-hybridized carbons (Fsp3) is 0.333. The number of carboxylic acid groups (broad SMARTS) is 1. The van der Waals surface area contributed by atoms with E-state index in [4.69, 9.17) is 16.7 Å². The Balaban J connectivity index is 2.82. The molecule has 0 bridgehead atoms. The van der Waals surface area contributed by atoms with E-state index in [2.05, 4.69) is 5.32 Å². The highest BCUT2D eigenvalue weighted by atomic mass is 35.5. The summed E-state index contributed by atoms with van der Waals surface area (Å²) in [4.78, 5) is 33.9. The highest BCUT2D eigenvalue weighted by Gasteiger charge is 2.20. The van der Waals surface area contributed by atoms with Gasteiger partial charge in [0.25, 0.3) is 5.69 Å². The Bertz CT molecular complexity index is 578. The van der Waals surface area contributed by atoms with Crippen molar-refractivity contribution in [2.24, 2.45) is 5.92 Å². The molecule has 0 heterocycles. The molecule has 0 fully saturated rings. The quantitative estimate of drug-likeness (QED) is 0.640. The monoisotopic (exact) mass is 315 g/mol. The average Bonchev–Trinajstić information content (AvgIpc) is 2.40. The van der Waals surface area contributed by atoms with Crippen LogP contribution in [0.15, 0.2) is 18.2 Å². The van der Waals surface area contributed by atoms with Gasteiger partial charge in [0.15, 0.2) is 0 Å². The number of carboxylic acids is 1. The molecule has 1 rings (SSSR count). The molecule has 0 aliphatic rings. The minimum Gasteiger partial charge on any atom is -0.481 e. The van der Waals surface area contributed by atoms with Crippen LogP contribution in [0.4, 0.5) is 16.2 Å². The Hall–Kier alpha value is -2.35. The van der Waals surface area contributed by atoms with Crippen molar-refractivity contribution in [1.82, 2.24) is 4.90 Å². The lowest BCUT2D eigenvalue weighted by Gasteiger charge is -2.20. The average molecular weight is 316 g/mol. The van der Waals surface area contributed by atoms with Crippen LogP contribution in [-0.4, -0.2) is 40.5 Å². The maximum Gasteiger partial charge on any atom is 0.321 e. The van der Waals surface area contributed by atoms with Crippen LogP contribution >= 0.6 is 11.6 Å². The molecule has 0 saturated carbocycles. The van der Waals surface area contributed by atoms with Gasteiger partial charge in [-0.3, -0.25) is 14.9 Å². The van der Waals surface area contributed by atoms with Gasteiger partial charge in [-0.05, 0) is 6.07 Å². The van der Waals surface area contributed by atoms with E-state index < -0.39 is 22.8 Å². The molecule has 9 heteroatoms. The summed E-state index contributed by atoms with van der Waals surface area (Å²) in [6.45, 7) is 1.46. The lowest BCUT2D eigenvalue weighted by molar-refractivity contribution is -0.384. The number of hydrogen-bond acceptors (Lipinski definition) is 4. The number of anilines is 1. The first kappa shape index (κ1) is 16.7. The molecule has 0 saturated heterocycles. The van der Waals surface area contributed by atoms with Gasteiger partial charge in [0, 0.05) is 19.7 Å². The zero-order valence-corrected chi connectivity index (χ0v) is 12.1. The highest BCUT2D eigenvalue weighted by Crippen LogP contribution is 2.31. The van der Waals surface area contributed by atoms with Gasteiger partial charge in [0.05, 0.1) is 16.5 Å². The second-order valence-corrected chi connectivity index (χ2v) is 4.82. The number of nitrogens with zero attached hydrogens (tertiary/aromatic N) is 2. The Morgan fingerprint density at radius 1 is 1.52 bits per heavy atom. The third-order valence-electron chi connectivity index (χ3n) is 2.73. The summed E-state index contributed by atoms with van der Waals surface area (Å²) in [6.07, 6.45) is 0. The van der Waals surface area contributed by atoms with E-state index >= 15 is 0 Å². The summed E-state index contributed by atoms with van der Waals surface area (Å²) in [5.41, 5.74) is -0.235. The number of amides is 2. The van der Waals surface area contributed by atoms with Crippen molar-refractivity contribution in [3.8, 4) is 0 Å². The van der Waals surface area contributed by atoms with E-state index in [0.717, 1.165) is 4.90 Å². The molecule has 1 atom stereocenters. The number of rotatable bonds is 5.